The third kappa shape index (κ3) is 5.72. The maximum absolute atomic E-state index is 10.9. The second-order valence-electron chi connectivity index (χ2n) is 7.83. The van der Waals surface area contributed by atoms with Crippen LogP contribution in [0.2, 0.25) is 5.02 Å². The number of carbonyl (C=O) groups is 1. The summed E-state index contributed by atoms with van der Waals surface area (Å²) in [5, 5.41) is 14.5. The molecule has 5 rings (SSSR count). The fourth-order valence-corrected chi connectivity index (χ4v) is 3.69. The second kappa shape index (κ2) is 10.4. The van der Waals surface area contributed by atoms with Crippen LogP contribution in [0.5, 0.6) is 0 Å². The van der Waals surface area contributed by atoms with Crippen molar-refractivity contribution in [2.75, 3.05) is 13.1 Å². The van der Waals surface area contributed by atoms with E-state index in [1.165, 1.54) is 42.7 Å². The van der Waals surface area contributed by atoms with Crippen molar-refractivity contribution in [1.29, 1.82) is 0 Å². The van der Waals surface area contributed by atoms with Gasteiger partial charge >= 0.3 is 5.97 Å². The first-order valence-electron chi connectivity index (χ1n) is 10.7. The van der Waals surface area contributed by atoms with Gasteiger partial charge in [0.1, 0.15) is 5.69 Å². The number of nitrogens with one attached hydrogen (secondary N) is 2. The standard InChI is InChI=1S/C14H17ClN2.C11H8N2O2/c15-12-3-4-13-11(9-17-14(13)7-12)5-6-16-8-10-1-2-10;14-11(15)10-9(12-6-7-13-10)8-4-2-1-3-5-8/h3-4,7,9-10,16-17H,1-2,5-6,8H2;1-7H,(H,14,15). The molecule has 1 aliphatic rings. The van der Waals surface area contributed by atoms with Gasteiger partial charge in [0.05, 0.1) is 0 Å². The predicted molar refractivity (Wildman–Crippen MR) is 127 cm³/mol. The molecular weight excluding hydrogens is 424 g/mol. The molecule has 2 heterocycles. The van der Waals surface area contributed by atoms with Crippen LogP contribution in [0.1, 0.15) is 28.9 Å². The highest BCUT2D eigenvalue weighted by atomic mass is 35.5. The van der Waals surface area contributed by atoms with Crippen molar-refractivity contribution < 1.29 is 9.90 Å². The molecule has 0 saturated heterocycles. The topological polar surface area (TPSA) is 90.9 Å². The summed E-state index contributed by atoms with van der Waals surface area (Å²) < 4.78 is 0. The van der Waals surface area contributed by atoms with E-state index in [0.717, 1.165) is 35.0 Å². The first-order chi connectivity index (χ1) is 15.6. The Bertz CT molecular complexity index is 1190. The van der Waals surface area contributed by atoms with Crippen LogP contribution in [0.3, 0.4) is 0 Å². The van der Waals surface area contributed by atoms with Crippen LogP contribution in [0, 0.1) is 5.92 Å². The van der Waals surface area contributed by atoms with E-state index in [2.05, 4.69) is 32.5 Å². The van der Waals surface area contributed by atoms with Gasteiger partial charge in [-0.15, -0.1) is 0 Å². The van der Waals surface area contributed by atoms with Crippen molar-refractivity contribution in [3.8, 4) is 11.3 Å². The lowest BCUT2D eigenvalue weighted by Crippen LogP contribution is -2.19. The van der Waals surface area contributed by atoms with E-state index in [-0.39, 0.29) is 5.69 Å². The predicted octanol–water partition coefficient (Wildman–Crippen LogP) is 5.21. The monoisotopic (exact) mass is 448 g/mol. The van der Waals surface area contributed by atoms with Crippen molar-refractivity contribution in [2.45, 2.75) is 19.3 Å². The van der Waals surface area contributed by atoms with Gasteiger partial charge in [0.25, 0.3) is 0 Å². The number of carboxylic acids is 1. The highest BCUT2D eigenvalue weighted by Crippen LogP contribution is 2.27. The van der Waals surface area contributed by atoms with Crippen LogP contribution >= 0.6 is 11.6 Å². The van der Waals surface area contributed by atoms with Crippen molar-refractivity contribution >= 4 is 28.5 Å². The zero-order chi connectivity index (χ0) is 22.3. The van der Waals surface area contributed by atoms with Crippen LogP contribution in [0.15, 0.2) is 67.1 Å². The molecule has 2 aromatic heterocycles. The lowest BCUT2D eigenvalue weighted by molar-refractivity contribution is 0.0691. The molecular formula is C25H25ClN4O2. The van der Waals surface area contributed by atoms with Crippen LogP contribution in [0.25, 0.3) is 22.2 Å². The van der Waals surface area contributed by atoms with Crippen LogP contribution in [-0.4, -0.2) is 39.1 Å². The molecule has 1 fully saturated rings. The van der Waals surface area contributed by atoms with E-state index in [0.29, 0.717) is 5.69 Å². The molecule has 4 aromatic rings. The summed E-state index contributed by atoms with van der Waals surface area (Å²) in [5.41, 5.74) is 3.63. The van der Waals surface area contributed by atoms with Crippen molar-refractivity contribution in [3.05, 3.63) is 83.4 Å². The smallest absolute Gasteiger partial charge is 0.356 e. The van der Waals surface area contributed by atoms with Crippen LogP contribution in [-0.2, 0) is 6.42 Å². The number of aromatic carboxylic acids is 1. The van der Waals surface area contributed by atoms with Crippen molar-refractivity contribution in [3.63, 3.8) is 0 Å². The summed E-state index contributed by atoms with van der Waals surface area (Å²) in [6.07, 6.45) is 8.86. The number of hydrogen-bond donors (Lipinski definition) is 3. The Balaban J connectivity index is 0.000000155. The molecule has 0 radical (unpaired) electrons. The van der Waals surface area contributed by atoms with E-state index in [1.807, 2.05) is 30.3 Å². The molecule has 32 heavy (non-hydrogen) atoms. The number of carboxylic acid groups (broad SMARTS) is 1. The molecule has 7 heteroatoms. The largest absolute Gasteiger partial charge is 0.476 e. The van der Waals surface area contributed by atoms with E-state index in [1.54, 1.807) is 12.1 Å². The summed E-state index contributed by atoms with van der Waals surface area (Å²) in [7, 11) is 0. The van der Waals surface area contributed by atoms with Crippen LogP contribution < -0.4 is 5.32 Å². The van der Waals surface area contributed by atoms with Gasteiger partial charge in [-0.25, -0.2) is 9.78 Å². The van der Waals surface area contributed by atoms with Gasteiger partial charge in [-0.3, -0.25) is 4.98 Å². The Hall–Kier alpha value is -3.22. The van der Waals surface area contributed by atoms with E-state index >= 15 is 0 Å². The van der Waals surface area contributed by atoms with Crippen molar-refractivity contribution in [2.24, 2.45) is 5.92 Å². The molecule has 6 nitrogen and oxygen atoms in total. The van der Waals surface area contributed by atoms with Crippen LogP contribution in [0.4, 0.5) is 0 Å². The van der Waals surface area contributed by atoms with E-state index in [4.69, 9.17) is 16.7 Å². The number of aromatic nitrogens is 3. The van der Waals surface area contributed by atoms with E-state index < -0.39 is 5.97 Å². The molecule has 2 aromatic carbocycles. The number of rotatable bonds is 7. The summed E-state index contributed by atoms with van der Waals surface area (Å²) >= 11 is 5.96. The van der Waals surface area contributed by atoms with Gasteiger partial charge in [-0.2, -0.15) is 0 Å². The molecule has 164 valence electrons. The number of nitrogens with zero attached hydrogens (tertiary/aromatic N) is 2. The SMILES string of the molecule is Clc1ccc2c(CCNCC3CC3)c[nH]c2c1.O=C(O)c1nccnc1-c1ccccc1. The second-order valence-corrected chi connectivity index (χ2v) is 8.26. The molecule has 1 aliphatic carbocycles. The highest BCUT2D eigenvalue weighted by molar-refractivity contribution is 6.31. The van der Waals surface area contributed by atoms with Gasteiger partial charge in [0.2, 0.25) is 0 Å². The van der Waals surface area contributed by atoms with Gasteiger partial charge in [-0.05, 0) is 56.0 Å². The van der Waals surface area contributed by atoms with E-state index in [9.17, 15) is 4.79 Å². The fourth-order valence-electron chi connectivity index (χ4n) is 3.52. The molecule has 0 aliphatic heterocycles. The first-order valence-corrected chi connectivity index (χ1v) is 11.1. The first kappa shape index (κ1) is 22.0. The normalized spacial score (nSPS) is 12.9. The summed E-state index contributed by atoms with van der Waals surface area (Å²) in [6, 6.07) is 15.2. The molecule has 3 N–H and O–H groups in total. The fraction of sp³-hybridized carbons (Fsp3) is 0.240. The minimum absolute atomic E-state index is 0.0244. The quantitative estimate of drug-likeness (QED) is 0.338. The summed E-state index contributed by atoms with van der Waals surface area (Å²) in [6.45, 7) is 2.25. The molecule has 0 bridgehead atoms. The highest BCUT2D eigenvalue weighted by Gasteiger charge is 2.20. The Morgan fingerprint density at radius 2 is 1.91 bits per heavy atom. The van der Waals surface area contributed by atoms with Gasteiger partial charge in [0, 0.05) is 40.1 Å². The Labute approximate surface area is 191 Å². The van der Waals surface area contributed by atoms with Gasteiger partial charge < -0.3 is 15.4 Å². The van der Waals surface area contributed by atoms with Gasteiger partial charge in [-0.1, -0.05) is 48.0 Å². The maximum atomic E-state index is 10.9. The average molecular weight is 449 g/mol. The lowest BCUT2D eigenvalue weighted by Gasteiger charge is -2.02. The Kier molecular flexibility index (Phi) is 7.14. The molecule has 0 atom stereocenters. The maximum Gasteiger partial charge on any atom is 0.356 e. The zero-order valence-corrected chi connectivity index (χ0v) is 18.3. The third-order valence-corrected chi connectivity index (χ3v) is 5.61. The lowest BCUT2D eigenvalue weighted by atomic mass is 10.1. The third-order valence-electron chi connectivity index (χ3n) is 5.38. The molecule has 0 unspecified atom stereocenters. The number of aromatic amines is 1. The number of fused-ring (bicyclic) bond motifs is 1. The van der Waals surface area contributed by atoms with Gasteiger partial charge in [0.15, 0.2) is 5.69 Å². The number of hydrogen-bond acceptors (Lipinski definition) is 4. The number of halogens is 1. The molecule has 1 saturated carbocycles. The Morgan fingerprint density at radius 1 is 1.12 bits per heavy atom. The van der Waals surface area contributed by atoms with Crippen molar-refractivity contribution in [1.82, 2.24) is 20.3 Å². The minimum atomic E-state index is -1.07. The number of benzene rings is 2. The average Bonchev–Trinajstić information content (AvgIpc) is 3.56. The molecule has 0 amide bonds. The number of H-pyrrole nitrogens is 1. The minimum Gasteiger partial charge on any atom is -0.476 e. The zero-order valence-electron chi connectivity index (χ0n) is 17.6. The molecule has 0 spiro atoms. The Morgan fingerprint density at radius 3 is 2.66 bits per heavy atom. The summed E-state index contributed by atoms with van der Waals surface area (Å²) in [4.78, 5) is 22.0. The summed E-state index contributed by atoms with van der Waals surface area (Å²) in [5.74, 6) is -0.112.